The predicted octanol–water partition coefficient (Wildman–Crippen LogP) is 2.95. The van der Waals surface area contributed by atoms with Crippen molar-refractivity contribution >= 4 is 9.84 Å². The van der Waals surface area contributed by atoms with Crippen LogP contribution in [-0.4, -0.2) is 33.1 Å². The molecule has 1 atom stereocenters. The van der Waals surface area contributed by atoms with E-state index >= 15 is 0 Å². The minimum atomic E-state index is -2.98. The number of hydrogen-bond acceptors (Lipinski definition) is 4. The highest BCUT2D eigenvalue weighted by Gasteiger charge is 2.10. The van der Waals surface area contributed by atoms with Gasteiger partial charge in [0.15, 0.2) is 9.84 Å². The van der Waals surface area contributed by atoms with E-state index in [2.05, 4.69) is 19.2 Å². The van der Waals surface area contributed by atoms with Gasteiger partial charge in [0.2, 0.25) is 0 Å². The minimum absolute atomic E-state index is 0.0781. The molecule has 0 saturated heterocycles. The van der Waals surface area contributed by atoms with Crippen LogP contribution in [-0.2, 0) is 9.84 Å². The second-order valence-electron chi connectivity index (χ2n) is 5.25. The van der Waals surface area contributed by atoms with Crippen molar-refractivity contribution in [2.24, 2.45) is 0 Å². The summed E-state index contributed by atoms with van der Waals surface area (Å²) in [6, 6.07) is 8.09. The first-order chi connectivity index (χ1) is 9.98. The van der Waals surface area contributed by atoms with E-state index < -0.39 is 9.84 Å². The SMILES string of the molecule is CCCNC(C)c1cccc(OCCS(=O)(=O)CCC)c1. The molecule has 0 heterocycles. The Labute approximate surface area is 128 Å². The second-order valence-corrected chi connectivity index (χ2v) is 7.55. The molecule has 0 aromatic heterocycles. The van der Waals surface area contributed by atoms with E-state index in [4.69, 9.17) is 4.74 Å². The Balaban J connectivity index is 2.53. The highest BCUT2D eigenvalue weighted by atomic mass is 32.2. The maximum atomic E-state index is 11.6. The van der Waals surface area contributed by atoms with Gasteiger partial charge in [-0.1, -0.05) is 26.0 Å². The van der Waals surface area contributed by atoms with Gasteiger partial charge in [0.1, 0.15) is 12.4 Å². The first kappa shape index (κ1) is 18.0. The number of hydrogen-bond donors (Lipinski definition) is 1. The van der Waals surface area contributed by atoms with Crippen molar-refractivity contribution in [3.63, 3.8) is 0 Å². The summed E-state index contributed by atoms with van der Waals surface area (Å²) in [7, 11) is -2.98. The number of rotatable bonds is 10. The Hall–Kier alpha value is -1.07. The zero-order valence-corrected chi connectivity index (χ0v) is 14.1. The van der Waals surface area contributed by atoms with E-state index in [0.29, 0.717) is 6.42 Å². The molecule has 120 valence electrons. The summed E-state index contributed by atoms with van der Waals surface area (Å²) in [4.78, 5) is 0. The van der Waals surface area contributed by atoms with Crippen LogP contribution in [0.15, 0.2) is 24.3 Å². The Morgan fingerprint density at radius 2 is 1.95 bits per heavy atom. The van der Waals surface area contributed by atoms with Crippen molar-refractivity contribution in [3.05, 3.63) is 29.8 Å². The summed E-state index contributed by atoms with van der Waals surface area (Å²) in [5, 5.41) is 3.42. The molecule has 1 N–H and O–H groups in total. The molecule has 1 aromatic rings. The van der Waals surface area contributed by atoms with E-state index in [9.17, 15) is 8.42 Å². The van der Waals surface area contributed by atoms with Crippen molar-refractivity contribution < 1.29 is 13.2 Å². The molecule has 0 radical (unpaired) electrons. The van der Waals surface area contributed by atoms with Crippen molar-refractivity contribution in [3.8, 4) is 5.75 Å². The Morgan fingerprint density at radius 3 is 2.62 bits per heavy atom. The monoisotopic (exact) mass is 313 g/mol. The molecule has 0 amide bonds. The van der Waals surface area contributed by atoms with Crippen LogP contribution in [0.4, 0.5) is 0 Å². The van der Waals surface area contributed by atoms with Gasteiger partial charge in [0, 0.05) is 6.04 Å². The molecule has 0 aliphatic carbocycles. The molecule has 1 rings (SSSR count). The normalized spacial score (nSPS) is 13.1. The van der Waals surface area contributed by atoms with Gasteiger partial charge in [-0.25, -0.2) is 8.42 Å². The van der Waals surface area contributed by atoms with Crippen molar-refractivity contribution in [2.75, 3.05) is 24.7 Å². The molecule has 0 aliphatic rings. The number of sulfone groups is 1. The molecule has 4 nitrogen and oxygen atoms in total. The fourth-order valence-electron chi connectivity index (χ4n) is 2.05. The van der Waals surface area contributed by atoms with E-state index in [-0.39, 0.29) is 24.2 Å². The third kappa shape index (κ3) is 6.96. The van der Waals surface area contributed by atoms with Gasteiger partial charge < -0.3 is 10.1 Å². The maximum Gasteiger partial charge on any atom is 0.153 e. The number of nitrogens with one attached hydrogen (secondary N) is 1. The zero-order valence-electron chi connectivity index (χ0n) is 13.3. The fraction of sp³-hybridized carbons (Fsp3) is 0.625. The molecule has 0 saturated carbocycles. The van der Waals surface area contributed by atoms with E-state index in [0.717, 1.165) is 24.3 Å². The topological polar surface area (TPSA) is 55.4 Å². The van der Waals surface area contributed by atoms with Gasteiger partial charge in [0.25, 0.3) is 0 Å². The average Bonchev–Trinajstić information content (AvgIpc) is 2.44. The summed E-state index contributed by atoms with van der Waals surface area (Å²) in [6.45, 7) is 7.30. The van der Waals surface area contributed by atoms with Gasteiger partial charge in [-0.3, -0.25) is 0 Å². The first-order valence-corrected chi connectivity index (χ1v) is 9.47. The summed E-state index contributed by atoms with van der Waals surface area (Å²) in [5.74, 6) is 1.03. The molecule has 21 heavy (non-hydrogen) atoms. The molecule has 5 heteroatoms. The Kier molecular flexibility index (Phi) is 7.75. The average molecular weight is 313 g/mol. The van der Waals surface area contributed by atoms with Crippen molar-refractivity contribution in [1.29, 1.82) is 0 Å². The van der Waals surface area contributed by atoms with Crippen molar-refractivity contribution in [1.82, 2.24) is 5.32 Å². The smallest absolute Gasteiger partial charge is 0.153 e. The summed E-state index contributed by atoms with van der Waals surface area (Å²) in [6.07, 6.45) is 1.74. The molecular weight excluding hydrogens is 286 g/mol. The molecule has 0 aliphatic heterocycles. The Bertz CT molecular complexity index is 514. The third-order valence-electron chi connectivity index (χ3n) is 3.24. The van der Waals surface area contributed by atoms with Gasteiger partial charge >= 0.3 is 0 Å². The van der Waals surface area contributed by atoms with E-state index in [1.807, 2.05) is 31.2 Å². The lowest BCUT2D eigenvalue weighted by Gasteiger charge is -2.15. The van der Waals surface area contributed by atoms with Crippen LogP contribution in [0.1, 0.15) is 45.2 Å². The number of benzene rings is 1. The summed E-state index contributed by atoms with van der Waals surface area (Å²) in [5.41, 5.74) is 1.15. The molecule has 0 spiro atoms. The van der Waals surface area contributed by atoms with Crippen LogP contribution in [0.2, 0.25) is 0 Å². The molecule has 0 fully saturated rings. The number of ether oxygens (including phenoxy) is 1. The quantitative estimate of drug-likeness (QED) is 0.721. The van der Waals surface area contributed by atoms with Crippen LogP contribution in [0, 0.1) is 0 Å². The van der Waals surface area contributed by atoms with Crippen molar-refractivity contribution in [2.45, 2.75) is 39.7 Å². The lowest BCUT2D eigenvalue weighted by Crippen LogP contribution is -2.19. The summed E-state index contributed by atoms with van der Waals surface area (Å²) < 4.78 is 28.8. The largest absolute Gasteiger partial charge is 0.493 e. The van der Waals surface area contributed by atoms with E-state index in [1.54, 1.807) is 0 Å². The van der Waals surface area contributed by atoms with Crippen LogP contribution in [0.5, 0.6) is 5.75 Å². The maximum absolute atomic E-state index is 11.6. The van der Waals surface area contributed by atoms with Gasteiger partial charge in [-0.05, 0) is 44.0 Å². The highest BCUT2D eigenvalue weighted by Crippen LogP contribution is 2.19. The second kappa shape index (κ2) is 9.05. The predicted molar refractivity (Wildman–Crippen MR) is 87.6 cm³/mol. The Morgan fingerprint density at radius 1 is 1.19 bits per heavy atom. The molecule has 1 unspecified atom stereocenters. The lowest BCUT2D eigenvalue weighted by molar-refractivity contribution is 0.340. The first-order valence-electron chi connectivity index (χ1n) is 7.65. The zero-order chi connectivity index (χ0) is 15.7. The standard InChI is InChI=1S/C16H27NO3S/c1-4-9-17-14(3)15-7-6-8-16(13-15)20-10-12-21(18,19)11-5-2/h6-8,13-14,17H,4-5,9-12H2,1-3H3. The van der Waals surface area contributed by atoms with Gasteiger partial charge in [-0.2, -0.15) is 0 Å². The fourth-order valence-corrected chi connectivity index (χ4v) is 3.22. The summed E-state index contributed by atoms with van der Waals surface area (Å²) >= 11 is 0. The lowest BCUT2D eigenvalue weighted by atomic mass is 10.1. The van der Waals surface area contributed by atoms with Crippen LogP contribution < -0.4 is 10.1 Å². The molecule has 0 bridgehead atoms. The third-order valence-corrected chi connectivity index (χ3v) is 5.06. The van der Waals surface area contributed by atoms with Crippen LogP contribution >= 0.6 is 0 Å². The highest BCUT2D eigenvalue weighted by molar-refractivity contribution is 7.91. The molecular formula is C16H27NO3S. The van der Waals surface area contributed by atoms with Gasteiger partial charge in [0.05, 0.1) is 11.5 Å². The van der Waals surface area contributed by atoms with Gasteiger partial charge in [-0.15, -0.1) is 0 Å². The van der Waals surface area contributed by atoms with Crippen LogP contribution in [0.3, 0.4) is 0 Å². The molecule has 1 aromatic carbocycles. The minimum Gasteiger partial charge on any atom is -0.493 e. The van der Waals surface area contributed by atoms with E-state index in [1.165, 1.54) is 0 Å². The van der Waals surface area contributed by atoms with Crippen LogP contribution in [0.25, 0.3) is 0 Å².